The van der Waals surface area contributed by atoms with E-state index in [4.69, 9.17) is 11.6 Å². The minimum atomic E-state index is -0.293. The van der Waals surface area contributed by atoms with Crippen LogP contribution in [0.3, 0.4) is 0 Å². The minimum Gasteiger partial charge on any atom is -0.506 e. The van der Waals surface area contributed by atoms with E-state index in [0.717, 1.165) is 11.3 Å². The Balaban J connectivity index is 2.06. The predicted molar refractivity (Wildman–Crippen MR) is 74.5 cm³/mol. The maximum atomic E-state index is 13.3. The summed E-state index contributed by atoms with van der Waals surface area (Å²) < 4.78 is 13.7. The van der Waals surface area contributed by atoms with Gasteiger partial charge in [-0.05, 0) is 51.8 Å². The van der Waals surface area contributed by atoms with Crippen LogP contribution in [-0.4, -0.2) is 5.11 Å². The highest BCUT2D eigenvalue weighted by Crippen LogP contribution is 2.26. The van der Waals surface area contributed by atoms with Crippen LogP contribution >= 0.6 is 27.5 Å². The standard InChI is InChI=1S/C13H10BrClFNO/c14-10-3-1-8(5-12(10)16)7-17-9-2-4-13(18)11(15)6-9/h1-6,17-18H,7H2. The van der Waals surface area contributed by atoms with Gasteiger partial charge in [0.05, 0.1) is 9.50 Å². The van der Waals surface area contributed by atoms with Crippen LogP contribution in [0.25, 0.3) is 0 Å². The van der Waals surface area contributed by atoms with Crippen LogP contribution in [0, 0.1) is 5.82 Å². The minimum absolute atomic E-state index is 0.0388. The number of phenolic OH excluding ortho intramolecular Hbond substituents is 1. The van der Waals surface area contributed by atoms with Gasteiger partial charge in [0.1, 0.15) is 11.6 Å². The Morgan fingerprint density at radius 1 is 1.22 bits per heavy atom. The molecule has 2 aromatic carbocycles. The van der Waals surface area contributed by atoms with E-state index in [0.29, 0.717) is 11.0 Å². The first-order chi connectivity index (χ1) is 8.56. The molecular weight excluding hydrogens is 321 g/mol. The molecule has 18 heavy (non-hydrogen) atoms. The van der Waals surface area contributed by atoms with Crippen molar-refractivity contribution in [2.75, 3.05) is 5.32 Å². The summed E-state index contributed by atoms with van der Waals surface area (Å²) in [5.74, 6) is -0.255. The van der Waals surface area contributed by atoms with Crippen molar-refractivity contribution in [3.05, 3.63) is 57.3 Å². The lowest BCUT2D eigenvalue weighted by atomic mass is 10.2. The summed E-state index contributed by atoms with van der Waals surface area (Å²) in [5, 5.41) is 12.7. The lowest BCUT2D eigenvalue weighted by Crippen LogP contribution is -1.99. The van der Waals surface area contributed by atoms with Crippen molar-refractivity contribution in [1.82, 2.24) is 0 Å². The maximum Gasteiger partial charge on any atom is 0.137 e. The summed E-state index contributed by atoms with van der Waals surface area (Å²) in [6, 6.07) is 9.77. The van der Waals surface area contributed by atoms with Gasteiger partial charge in [0, 0.05) is 12.2 Å². The largest absolute Gasteiger partial charge is 0.506 e. The SMILES string of the molecule is Oc1ccc(NCc2ccc(Br)c(F)c2)cc1Cl. The van der Waals surface area contributed by atoms with Crippen molar-refractivity contribution in [3.63, 3.8) is 0 Å². The van der Waals surface area contributed by atoms with Crippen LogP contribution in [0.15, 0.2) is 40.9 Å². The zero-order valence-electron chi connectivity index (χ0n) is 9.25. The summed E-state index contributed by atoms with van der Waals surface area (Å²) in [6.07, 6.45) is 0. The van der Waals surface area contributed by atoms with Crippen molar-refractivity contribution in [2.45, 2.75) is 6.54 Å². The Kier molecular flexibility index (Phi) is 4.09. The number of benzene rings is 2. The number of aromatic hydroxyl groups is 1. The number of halogens is 3. The second-order valence-corrected chi connectivity index (χ2v) is 5.03. The molecular formula is C13H10BrClFNO. The number of anilines is 1. The van der Waals surface area contributed by atoms with Gasteiger partial charge in [-0.1, -0.05) is 17.7 Å². The molecule has 0 saturated heterocycles. The van der Waals surface area contributed by atoms with E-state index < -0.39 is 0 Å². The molecule has 2 rings (SSSR count). The number of nitrogens with one attached hydrogen (secondary N) is 1. The molecule has 0 aliphatic carbocycles. The first-order valence-electron chi connectivity index (χ1n) is 5.22. The van der Waals surface area contributed by atoms with Crippen molar-refractivity contribution in [1.29, 1.82) is 0 Å². The average molecular weight is 331 g/mol. The fraction of sp³-hybridized carbons (Fsp3) is 0.0769. The first-order valence-corrected chi connectivity index (χ1v) is 6.39. The molecule has 2 aromatic rings. The molecule has 0 heterocycles. The van der Waals surface area contributed by atoms with E-state index in [1.54, 1.807) is 18.2 Å². The van der Waals surface area contributed by atoms with E-state index in [2.05, 4.69) is 21.2 Å². The average Bonchev–Trinajstić information content (AvgIpc) is 2.35. The van der Waals surface area contributed by atoms with Gasteiger partial charge in [-0.25, -0.2) is 4.39 Å². The van der Waals surface area contributed by atoms with Crippen molar-refractivity contribution in [2.24, 2.45) is 0 Å². The molecule has 0 saturated carbocycles. The van der Waals surface area contributed by atoms with Crippen molar-refractivity contribution >= 4 is 33.2 Å². The molecule has 0 aliphatic heterocycles. The highest BCUT2D eigenvalue weighted by Gasteiger charge is 2.02. The number of hydrogen-bond donors (Lipinski definition) is 2. The Morgan fingerprint density at radius 2 is 2.00 bits per heavy atom. The zero-order chi connectivity index (χ0) is 13.1. The van der Waals surface area contributed by atoms with E-state index in [-0.39, 0.29) is 16.6 Å². The molecule has 0 fully saturated rings. The van der Waals surface area contributed by atoms with Crippen LogP contribution in [0.2, 0.25) is 5.02 Å². The third-order valence-corrected chi connectivity index (χ3v) is 3.37. The topological polar surface area (TPSA) is 32.3 Å². The van der Waals surface area contributed by atoms with Crippen LogP contribution in [0.4, 0.5) is 10.1 Å². The smallest absolute Gasteiger partial charge is 0.137 e. The molecule has 94 valence electrons. The zero-order valence-corrected chi connectivity index (χ0v) is 11.6. The lowest BCUT2D eigenvalue weighted by molar-refractivity contribution is 0.475. The number of phenols is 1. The van der Waals surface area contributed by atoms with Gasteiger partial charge in [0.25, 0.3) is 0 Å². The van der Waals surface area contributed by atoms with Gasteiger partial charge in [0.2, 0.25) is 0 Å². The summed E-state index contributed by atoms with van der Waals surface area (Å²) in [4.78, 5) is 0. The third kappa shape index (κ3) is 3.15. The van der Waals surface area contributed by atoms with E-state index >= 15 is 0 Å². The monoisotopic (exact) mass is 329 g/mol. The Morgan fingerprint density at radius 3 is 2.67 bits per heavy atom. The number of hydrogen-bond acceptors (Lipinski definition) is 2. The van der Waals surface area contributed by atoms with Gasteiger partial charge in [-0.15, -0.1) is 0 Å². The summed E-state index contributed by atoms with van der Waals surface area (Å²) >= 11 is 8.89. The molecule has 2 N–H and O–H groups in total. The molecule has 5 heteroatoms. The molecule has 0 spiro atoms. The van der Waals surface area contributed by atoms with E-state index in [9.17, 15) is 9.50 Å². The third-order valence-electron chi connectivity index (χ3n) is 2.43. The maximum absolute atomic E-state index is 13.3. The fourth-order valence-corrected chi connectivity index (χ4v) is 1.90. The van der Waals surface area contributed by atoms with Gasteiger partial charge < -0.3 is 10.4 Å². The van der Waals surface area contributed by atoms with Crippen LogP contribution in [0.5, 0.6) is 5.75 Å². The Bertz CT molecular complexity index is 525. The molecule has 0 atom stereocenters. The normalized spacial score (nSPS) is 10.4. The van der Waals surface area contributed by atoms with Gasteiger partial charge in [0.15, 0.2) is 0 Å². The Labute approximate surface area is 118 Å². The molecule has 0 aromatic heterocycles. The lowest BCUT2D eigenvalue weighted by Gasteiger charge is -2.08. The van der Waals surface area contributed by atoms with Gasteiger partial charge >= 0.3 is 0 Å². The molecule has 0 amide bonds. The second-order valence-electron chi connectivity index (χ2n) is 3.77. The molecule has 0 radical (unpaired) electrons. The van der Waals surface area contributed by atoms with E-state index in [1.165, 1.54) is 12.1 Å². The van der Waals surface area contributed by atoms with Gasteiger partial charge in [-0.2, -0.15) is 0 Å². The van der Waals surface area contributed by atoms with Gasteiger partial charge in [-0.3, -0.25) is 0 Å². The van der Waals surface area contributed by atoms with E-state index in [1.807, 2.05) is 6.07 Å². The summed E-state index contributed by atoms with van der Waals surface area (Å²) in [5.41, 5.74) is 1.58. The van der Waals surface area contributed by atoms with Crippen molar-refractivity contribution in [3.8, 4) is 5.75 Å². The van der Waals surface area contributed by atoms with Crippen molar-refractivity contribution < 1.29 is 9.50 Å². The summed E-state index contributed by atoms with van der Waals surface area (Å²) in [7, 11) is 0. The highest BCUT2D eigenvalue weighted by atomic mass is 79.9. The quantitative estimate of drug-likeness (QED) is 0.809. The Hall–Kier alpha value is -1.26. The highest BCUT2D eigenvalue weighted by molar-refractivity contribution is 9.10. The first kappa shape index (κ1) is 13.2. The van der Waals surface area contributed by atoms with Crippen LogP contribution in [-0.2, 0) is 6.54 Å². The van der Waals surface area contributed by atoms with Crippen LogP contribution < -0.4 is 5.32 Å². The predicted octanol–water partition coefficient (Wildman–Crippen LogP) is 4.56. The molecule has 0 bridgehead atoms. The number of rotatable bonds is 3. The fourth-order valence-electron chi connectivity index (χ4n) is 1.47. The molecule has 0 unspecified atom stereocenters. The molecule has 0 aliphatic rings. The molecule has 2 nitrogen and oxygen atoms in total. The second kappa shape index (κ2) is 5.59. The summed E-state index contributed by atoms with van der Waals surface area (Å²) in [6.45, 7) is 0.477. The van der Waals surface area contributed by atoms with Crippen LogP contribution in [0.1, 0.15) is 5.56 Å².